The lowest BCUT2D eigenvalue weighted by Gasteiger charge is -2.32. The van der Waals surface area contributed by atoms with Gasteiger partial charge in [-0.1, -0.05) is 78.9 Å². The molecule has 0 saturated carbocycles. The summed E-state index contributed by atoms with van der Waals surface area (Å²) in [7, 11) is 0. The number of aryl methyl sites for hydroxylation is 1. The molecule has 37 heavy (non-hydrogen) atoms. The highest BCUT2D eigenvalue weighted by atomic mass is 16.1. The van der Waals surface area contributed by atoms with Crippen LogP contribution in [0, 0.1) is 12.8 Å². The number of Topliss-reactive ketones (excluding diaryl/α,β-unsaturated/α-hetero) is 1. The topological polar surface area (TPSA) is 23.6 Å². The molecule has 2 heterocycles. The Balaban J connectivity index is 1.13. The third-order valence-electron chi connectivity index (χ3n) is 8.60. The van der Waals surface area contributed by atoms with E-state index in [1.165, 1.54) is 60.2 Å². The number of ketones is 1. The van der Waals surface area contributed by atoms with Gasteiger partial charge in [0, 0.05) is 32.6 Å². The first-order valence-corrected chi connectivity index (χ1v) is 14.3. The van der Waals surface area contributed by atoms with Crippen molar-refractivity contribution in [3.63, 3.8) is 0 Å². The number of fused-ring (bicyclic) bond motifs is 1. The zero-order valence-electron chi connectivity index (χ0n) is 22.4. The summed E-state index contributed by atoms with van der Waals surface area (Å²) in [6, 6.07) is 28.1. The highest BCUT2D eigenvalue weighted by Crippen LogP contribution is 2.30. The van der Waals surface area contributed by atoms with E-state index in [-0.39, 0.29) is 5.92 Å². The first kappa shape index (κ1) is 25.9. The Labute approximate surface area is 223 Å². The largest absolute Gasteiger partial charge is 0.299 e. The van der Waals surface area contributed by atoms with Crippen LogP contribution in [0.2, 0.25) is 0 Å². The molecule has 3 aromatic rings. The molecular formula is C34H42N2O. The third-order valence-corrected chi connectivity index (χ3v) is 8.60. The number of hydrogen-bond acceptors (Lipinski definition) is 3. The van der Waals surface area contributed by atoms with Gasteiger partial charge in [0.25, 0.3) is 0 Å². The number of rotatable bonds is 9. The molecule has 0 spiro atoms. The molecule has 1 unspecified atom stereocenters. The van der Waals surface area contributed by atoms with Crippen molar-refractivity contribution in [2.75, 3.05) is 26.2 Å². The fourth-order valence-electron chi connectivity index (χ4n) is 6.29. The zero-order chi connectivity index (χ0) is 25.5. The second-order valence-corrected chi connectivity index (χ2v) is 11.2. The van der Waals surface area contributed by atoms with E-state index in [4.69, 9.17) is 0 Å². The molecule has 0 bridgehead atoms. The van der Waals surface area contributed by atoms with E-state index in [0.29, 0.717) is 12.2 Å². The minimum absolute atomic E-state index is 0.00151. The molecule has 0 aliphatic carbocycles. The fraction of sp³-hybridized carbons (Fsp3) is 0.441. The minimum Gasteiger partial charge on any atom is -0.299 e. The van der Waals surface area contributed by atoms with Crippen LogP contribution in [0.25, 0.3) is 0 Å². The zero-order valence-corrected chi connectivity index (χ0v) is 22.4. The van der Waals surface area contributed by atoms with Crippen LogP contribution in [0.4, 0.5) is 0 Å². The van der Waals surface area contributed by atoms with Crippen LogP contribution in [-0.4, -0.2) is 41.8 Å². The van der Waals surface area contributed by atoms with E-state index in [0.717, 1.165) is 44.9 Å². The molecule has 1 atom stereocenters. The fourth-order valence-corrected chi connectivity index (χ4v) is 6.29. The smallest absolute Gasteiger partial charge is 0.141 e. The summed E-state index contributed by atoms with van der Waals surface area (Å²) in [5.41, 5.74) is 6.81. The Kier molecular flexibility index (Phi) is 8.86. The van der Waals surface area contributed by atoms with Crippen molar-refractivity contribution in [1.29, 1.82) is 0 Å². The standard InChI is InChI=1S/C34H42N2O/c1-27-10-5-6-15-31(27)25-35-21-18-28(19-22-35)13-9-17-34(37)33-26-36(24-29-11-3-2-4-12-29)23-20-30-14-7-8-16-32(30)33/h2-8,10-12,14-16,28,33H,9,13,17-26H2,1H3. The van der Waals surface area contributed by atoms with E-state index in [1.807, 2.05) is 0 Å². The molecular weight excluding hydrogens is 452 g/mol. The molecule has 3 aromatic carbocycles. The van der Waals surface area contributed by atoms with Crippen LogP contribution in [-0.2, 0) is 24.3 Å². The Morgan fingerprint density at radius 2 is 1.54 bits per heavy atom. The number of carbonyl (C=O) groups excluding carboxylic acids is 1. The van der Waals surface area contributed by atoms with Crippen molar-refractivity contribution in [3.8, 4) is 0 Å². The van der Waals surface area contributed by atoms with Crippen LogP contribution >= 0.6 is 0 Å². The van der Waals surface area contributed by atoms with Crippen molar-refractivity contribution < 1.29 is 4.79 Å². The first-order chi connectivity index (χ1) is 18.2. The second kappa shape index (κ2) is 12.7. The van der Waals surface area contributed by atoms with Gasteiger partial charge in [0.2, 0.25) is 0 Å². The summed E-state index contributed by atoms with van der Waals surface area (Å²) in [5, 5.41) is 0. The van der Waals surface area contributed by atoms with Crippen LogP contribution in [0.3, 0.4) is 0 Å². The number of nitrogens with zero attached hydrogens (tertiary/aromatic N) is 2. The molecule has 2 aliphatic heterocycles. The van der Waals surface area contributed by atoms with Crippen molar-refractivity contribution in [2.24, 2.45) is 5.92 Å². The molecule has 1 fully saturated rings. The molecule has 2 aliphatic rings. The lowest BCUT2D eigenvalue weighted by molar-refractivity contribution is -0.121. The van der Waals surface area contributed by atoms with Crippen molar-refractivity contribution in [3.05, 3.63) is 107 Å². The number of carbonyl (C=O) groups is 1. The average Bonchev–Trinajstić information content (AvgIpc) is 3.11. The molecule has 0 radical (unpaired) electrons. The monoisotopic (exact) mass is 494 g/mol. The molecule has 0 N–H and O–H groups in total. The van der Waals surface area contributed by atoms with Crippen LogP contribution in [0.1, 0.15) is 65.8 Å². The molecule has 5 rings (SSSR count). The second-order valence-electron chi connectivity index (χ2n) is 11.2. The van der Waals surface area contributed by atoms with Gasteiger partial charge in [-0.05, 0) is 85.9 Å². The van der Waals surface area contributed by atoms with Gasteiger partial charge in [-0.3, -0.25) is 14.6 Å². The van der Waals surface area contributed by atoms with Crippen molar-refractivity contribution in [2.45, 2.75) is 64.5 Å². The van der Waals surface area contributed by atoms with Crippen molar-refractivity contribution >= 4 is 5.78 Å². The maximum Gasteiger partial charge on any atom is 0.141 e. The summed E-state index contributed by atoms with van der Waals surface area (Å²) in [6.07, 6.45) is 6.47. The van der Waals surface area contributed by atoms with Gasteiger partial charge in [0.1, 0.15) is 5.78 Å². The van der Waals surface area contributed by atoms with Crippen LogP contribution in [0.15, 0.2) is 78.9 Å². The summed E-state index contributed by atoms with van der Waals surface area (Å²) in [6.45, 7) is 8.40. The van der Waals surface area contributed by atoms with Crippen LogP contribution in [0.5, 0.6) is 0 Å². The van der Waals surface area contributed by atoms with Crippen LogP contribution < -0.4 is 0 Å². The number of benzene rings is 3. The predicted octanol–water partition coefficient (Wildman–Crippen LogP) is 6.79. The lowest BCUT2D eigenvalue weighted by Crippen LogP contribution is -2.33. The summed E-state index contributed by atoms with van der Waals surface area (Å²) in [5.74, 6) is 1.19. The van der Waals surface area contributed by atoms with E-state index in [9.17, 15) is 4.79 Å². The Bertz CT molecular complexity index is 1150. The van der Waals surface area contributed by atoms with Crippen molar-refractivity contribution in [1.82, 2.24) is 9.80 Å². The van der Waals surface area contributed by atoms with Gasteiger partial charge in [0.05, 0.1) is 5.92 Å². The van der Waals surface area contributed by atoms with Gasteiger partial charge in [-0.2, -0.15) is 0 Å². The number of piperidine rings is 1. The quantitative estimate of drug-likeness (QED) is 0.327. The third kappa shape index (κ3) is 6.97. The molecule has 1 saturated heterocycles. The Morgan fingerprint density at radius 3 is 2.35 bits per heavy atom. The highest BCUT2D eigenvalue weighted by Gasteiger charge is 2.28. The Morgan fingerprint density at radius 1 is 0.811 bits per heavy atom. The summed E-state index contributed by atoms with van der Waals surface area (Å²) < 4.78 is 0. The Hall–Kier alpha value is -2.75. The van der Waals surface area contributed by atoms with Gasteiger partial charge < -0.3 is 0 Å². The van der Waals surface area contributed by atoms with E-state index in [1.54, 1.807) is 0 Å². The van der Waals surface area contributed by atoms with Gasteiger partial charge >= 0.3 is 0 Å². The lowest BCUT2D eigenvalue weighted by atomic mass is 9.86. The number of likely N-dealkylation sites (tertiary alicyclic amines) is 1. The van der Waals surface area contributed by atoms with Gasteiger partial charge in [-0.15, -0.1) is 0 Å². The number of hydrogen-bond donors (Lipinski definition) is 0. The molecule has 0 amide bonds. The SMILES string of the molecule is Cc1ccccc1CN1CCC(CCCC(=O)C2CN(Cc3ccccc3)CCc3ccccc32)CC1. The average molecular weight is 495 g/mol. The molecule has 0 aromatic heterocycles. The molecule has 3 heteroatoms. The molecule has 194 valence electrons. The first-order valence-electron chi connectivity index (χ1n) is 14.3. The van der Waals surface area contributed by atoms with E-state index < -0.39 is 0 Å². The van der Waals surface area contributed by atoms with Gasteiger partial charge in [0.15, 0.2) is 0 Å². The van der Waals surface area contributed by atoms with E-state index >= 15 is 0 Å². The summed E-state index contributed by atoms with van der Waals surface area (Å²) >= 11 is 0. The summed E-state index contributed by atoms with van der Waals surface area (Å²) in [4.78, 5) is 18.7. The van der Waals surface area contributed by atoms with E-state index in [2.05, 4.69) is 95.6 Å². The maximum absolute atomic E-state index is 13.6. The minimum atomic E-state index is -0.00151. The predicted molar refractivity (Wildman–Crippen MR) is 153 cm³/mol. The highest BCUT2D eigenvalue weighted by molar-refractivity contribution is 5.86. The maximum atomic E-state index is 13.6. The van der Waals surface area contributed by atoms with Gasteiger partial charge in [-0.25, -0.2) is 0 Å². The normalized spacial score (nSPS) is 19.3. The molecule has 3 nitrogen and oxygen atoms in total.